The molecule has 9 heavy (non-hydrogen) atoms. The fourth-order valence-electron chi connectivity index (χ4n) is 0.307. The van der Waals surface area contributed by atoms with Gasteiger partial charge in [0.2, 0.25) is 0 Å². The van der Waals surface area contributed by atoms with E-state index in [1.165, 1.54) is 6.92 Å². The Labute approximate surface area is 52.2 Å². The van der Waals surface area contributed by atoms with Gasteiger partial charge in [0.15, 0.2) is 6.17 Å². The van der Waals surface area contributed by atoms with E-state index in [9.17, 15) is 13.2 Å². The monoisotopic (exact) mass is 140 g/mol. The highest BCUT2D eigenvalue weighted by atomic mass is 19.3. The highest BCUT2D eigenvalue weighted by Crippen LogP contribution is 2.17. The van der Waals surface area contributed by atoms with Crippen LogP contribution in [0.2, 0.25) is 0 Å². The van der Waals surface area contributed by atoms with Crippen LogP contribution in [-0.4, -0.2) is 12.2 Å². The van der Waals surface area contributed by atoms with Gasteiger partial charge >= 0.3 is 6.05 Å². The molecule has 1 nitrogen and oxygen atoms in total. The van der Waals surface area contributed by atoms with Crippen LogP contribution in [0.5, 0.6) is 0 Å². The first-order chi connectivity index (χ1) is 4.00. The molecule has 0 fully saturated rings. The lowest BCUT2D eigenvalue weighted by atomic mass is 10.4. The van der Waals surface area contributed by atoms with Crippen LogP contribution in [0, 0.1) is 6.54 Å². The predicted molar refractivity (Wildman–Crippen MR) is 28.6 cm³/mol. The molecule has 0 aromatic rings. The van der Waals surface area contributed by atoms with E-state index in [4.69, 9.17) is 0 Å². The van der Waals surface area contributed by atoms with Crippen LogP contribution in [0.3, 0.4) is 0 Å². The molecule has 1 unspecified atom stereocenters. The van der Waals surface area contributed by atoms with Gasteiger partial charge in [-0.1, -0.05) is 0 Å². The lowest BCUT2D eigenvalue weighted by Crippen LogP contribution is -2.41. The molecule has 1 radical (unpaired) electrons. The zero-order valence-corrected chi connectivity index (χ0v) is 5.29. The lowest BCUT2D eigenvalue weighted by Gasteiger charge is -2.16. The Kier molecular flexibility index (Phi) is 2.97. The molecule has 1 atom stereocenters. The summed E-state index contributed by atoms with van der Waals surface area (Å²) in [4.78, 5) is 0. The minimum Gasteiger partial charge on any atom is -0.252 e. The highest BCUT2D eigenvalue weighted by molar-refractivity contribution is 4.72. The molecule has 0 aliphatic heterocycles. The molecule has 4 heteroatoms. The quantitative estimate of drug-likeness (QED) is 0.588. The Morgan fingerprint density at radius 1 is 1.56 bits per heavy atom. The van der Waals surface area contributed by atoms with Gasteiger partial charge in [0, 0.05) is 6.54 Å². The fourth-order valence-corrected chi connectivity index (χ4v) is 0.307. The standard InChI is InChI=1S/C5H9F3N/c1-3-9-5(7,8)4(2)6/h3-4,9H,1-2H3. The van der Waals surface area contributed by atoms with E-state index >= 15 is 0 Å². The Hall–Kier alpha value is -0.250. The number of halogens is 3. The average molecular weight is 140 g/mol. The third-order valence-corrected chi connectivity index (χ3v) is 0.836. The summed E-state index contributed by atoms with van der Waals surface area (Å²) in [5.74, 6) is 0. The topological polar surface area (TPSA) is 12.0 Å². The molecule has 0 aromatic carbocycles. The molecule has 0 saturated carbocycles. The third kappa shape index (κ3) is 2.70. The summed E-state index contributed by atoms with van der Waals surface area (Å²) in [6, 6.07) is -3.42. The maximum absolute atomic E-state index is 12.0. The van der Waals surface area contributed by atoms with Crippen LogP contribution in [0.15, 0.2) is 0 Å². The molecule has 0 heterocycles. The van der Waals surface area contributed by atoms with Gasteiger partial charge < -0.3 is 0 Å². The van der Waals surface area contributed by atoms with E-state index in [-0.39, 0.29) is 0 Å². The van der Waals surface area contributed by atoms with Gasteiger partial charge in [-0.25, -0.2) is 4.39 Å². The number of nitrogens with one attached hydrogen (secondary N) is 1. The summed E-state index contributed by atoms with van der Waals surface area (Å²) >= 11 is 0. The molecule has 55 valence electrons. The zero-order chi connectivity index (χ0) is 7.49. The second kappa shape index (κ2) is 3.06. The van der Waals surface area contributed by atoms with Crippen molar-refractivity contribution in [2.45, 2.75) is 26.1 Å². The summed E-state index contributed by atoms with van der Waals surface area (Å²) in [7, 11) is 0. The first-order valence-electron chi connectivity index (χ1n) is 2.58. The average Bonchev–Trinajstić information content (AvgIpc) is 1.65. The second-order valence-electron chi connectivity index (χ2n) is 1.67. The highest BCUT2D eigenvalue weighted by Gasteiger charge is 2.35. The molecule has 0 aliphatic carbocycles. The number of hydrogen-bond donors (Lipinski definition) is 1. The number of rotatable bonds is 3. The van der Waals surface area contributed by atoms with Crippen molar-refractivity contribution in [2.24, 2.45) is 0 Å². The summed E-state index contributed by atoms with van der Waals surface area (Å²) in [5.41, 5.74) is 0. The van der Waals surface area contributed by atoms with Crippen molar-refractivity contribution >= 4 is 0 Å². The van der Waals surface area contributed by atoms with E-state index in [0.717, 1.165) is 13.5 Å². The van der Waals surface area contributed by atoms with Gasteiger partial charge in [0.05, 0.1) is 0 Å². The molecule has 1 N–H and O–H groups in total. The summed E-state index contributed by atoms with van der Waals surface area (Å²) < 4.78 is 35.9. The molecule has 0 rings (SSSR count). The maximum atomic E-state index is 12.0. The van der Waals surface area contributed by atoms with Crippen LogP contribution in [-0.2, 0) is 0 Å². The molecule has 0 aromatic heterocycles. The van der Waals surface area contributed by atoms with Crippen LogP contribution < -0.4 is 5.32 Å². The summed E-state index contributed by atoms with van der Waals surface area (Å²) in [6.07, 6.45) is -2.16. The predicted octanol–water partition coefficient (Wildman–Crippen LogP) is 1.71. The van der Waals surface area contributed by atoms with Crippen molar-refractivity contribution < 1.29 is 13.2 Å². The van der Waals surface area contributed by atoms with Crippen LogP contribution in [0.25, 0.3) is 0 Å². The van der Waals surface area contributed by atoms with Crippen LogP contribution in [0.1, 0.15) is 13.8 Å². The van der Waals surface area contributed by atoms with E-state index in [1.54, 1.807) is 5.32 Å². The van der Waals surface area contributed by atoms with Crippen molar-refractivity contribution in [3.63, 3.8) is 0 Å². The number of alkyl halides is 3. The maximum Gasteiger partial charge on any atom is 0.333 e. The first kappa shape index (κ1) is 8.75. The van der Waals surface area contributed by atoms with Crippen molar-refractivity contribution in [1.82, 2.24) is 5.32 Å². The normalized spacial score (nSPS) is 15.7. The Morgan fingerprint density at radius 3 is 2.11 bits per heavy atom. The smallest absolute Gasteiger partial charge is 0.252 e. The lowest BCUT2D eigenvalue weighted by molar-refractivity contribution is -0.0867. The number of hydrogen-bond acceptors (Lipinski definition) is 1. The SMILES string of the molecule is C[CH]NC(F)(F)C(C)F. The van der Waals surface area contributed by atoms with E-state index < -0.39 is 12.2 Å². The van der Waals surface area contributed by atoms with E-state index in [2.05, 4.69) is 0 Å². The Balaban J connectivity index is 3.70. The minimum absolute atomic E-state index is 0.802. The molecule has 0 saturated heterocycles. The molecule has 0 amide bonds. The molecule has 0 spiro atoms. The van der Waals surface area contributed by atoms with Crippen LogP contribution >= 0.6 is 0 Å². The van der Waals surface area contributed by atoms with Gasteiger partial charge in [-0.3, -0.25) is 5.32 Å². The Morgan fingerprint density at radius 2 is 2.00 bits per heavy atom. The van der Waals surface area contributed by atoms with Gasteiger partial charge in [-0.05, 0) is 13.8 Å². The van der Waals surface area contributed by atoms with Crippen molar-refractivity contribution in [2.75, 3.05) is 0 Å². The minimum atomic E-state index is -3.42. The van der Waals surface area contributed by atoms with E-state index in [0.29, 0.717) is 0 Å². The van der Waals surface area contributed by atoms with E-state index in [1.807, 2.05) is 0 Å². The summed E-state index contributed by atoms with van der Waals surface area (Å²) in [6.45, 7) is 3.18. The van der Waals surface area contributed by atoms with Crippen molar-refractivity contribution in [1.29, 1.82) is 0 Å². The third-order valence-electron chi connectivity index (χ3n) is 0.836. The fraction of sp³-hybridized carbons (Fsp3) is 0.800. The van der Waals surface area contributed by atoms with Gasteiger partial charge in [0.25, 0.3) is 0 Å². The first-order valence-corrected chi connectivity index (χ1v) is 2.58. The van der Waals surface area contributed by atoms with Crippen molar-refractivity contribution in [3.05, 3.63) is 6.54 Å². The van der Waals surface area contributed by atoms with Gasteiger partial charge in [0.1, 0.15) is 0 Å². The molecule has 0 aliphatic rings. The molecular weight excluding hydrogens is 131 g/mol. The summed E-state index contributed by atoms with van der Waals surface area (Å²) in [5, 5.41) is 1.59. The Bertz CT molecular complexity index is 82.3. The second-order valence-corrected chi connectivity index (χ2v) is 1.67. The van der Waals surface area contributed by atoms with Crippen molar-refractivity contribution in [3.8, 4) is 0 Å². The zero-order valence-electron chi connectivity index (χ0n) is 5.29. The van der Waals surface area contributed by atoms with Crippen LogP contribution in [0.4, 0.5) is 13.2 Å². The van der Waals surface area contributed by atoms with Gasteiger partial charge in [-0.2, -0.15) is 8.78 Å². The molecule has 0 bridgehead atoms. The largest absolute Gasteiger partial charge is 0.333 e. The molecular formula is C5H9F3N. The van der Waals surface area contributed by atoms with Gasteiger partial charge in [-0.15, -0.1) is 0 Å².